The molecule has 18 heavy (non-hydrogen) atoms. The van der Waals surface area contributed by atoms with Crippen molar-refractivity contribution < 1.29 is 14.3 Å². The third kappa shape index (κ3) is 5.19. The minimum atomic E-state index is -0.122. The summed E-state index contributed by atoms with van der Waals surface area (Å²) in [4.78, 5) is 11.8. The van der Waals surface area contributed by atoms with Gasteiger partial charge in [-0.2, -0.15) is 0 Å². The van der Waals surface area contributed by atoms with Crippen LogP contribution in [0.1, 0.15) is 10.4 Å². The van der Waals surface area contributed by atoms with E-state index < -0.39 is 0 Å². The van der Waals surface area contributed by atoms with Gasteiger partial charge in [0, 0.05) is 28.5 Å². The molecule has 0 aromatic heterocycles. The summed E-state index contributed by atoms with van der Waals surface area (Å²) in [5.74, 6) is -0.122. The number of methoxy groups -OCH3 is 1. The lowest BCUT2D eigenvalue weighted by Gasteiger charge is -2.07. The summed E-state index contributed by atoms with van der Waals surface area (Å²) >= 11 is 2.10. The monoisotopic (exact) mass is 364 g/mol. The van der Waals surface area contributed by atoms with Crippen molar-refractivity contribution >= 4 is 34.2 Å². The molecule has 0 heterocycles. The van der Waals surface area contributed by atoms with Crippen LogP contribution >= 0.6 is 22.6 Å². The SMILES string of the molecule is COCCOCCNC(=O)c1ccc(N)c(I)c1. The molecule has 1 amide bonds. The minimum Gasteiger partial charge on any atom is -0.398 e. The number of hydrogen-bond acceptors (Lipinski definition) is 4. The summed E-state index contributed by atoms with van der Waals surface area (Å²) < 4.78 is 11.0. The van der Waals surface area contributed by atoms with Crippen molar-refractivity contribution in [1.82, 2.24) is 5.32 Å². The number of nitrogens with two attached hydrogens (primary N) is 1. The van der Waals surface area contributed by atoms with Gasteiger partial charge in [0.05, 0.1) is 19.8 Å². The molecule has 0 atom stereocenters. The van der Waals surface area contributed by atoms with E-state index in [1.54, 1.807) is 25.3 Å². The molecule has 5 nitrogen and oxygen atoms in total. The van der Waals surface area contributed by atoms with Crippen molar-refractivity contribution in [2.75, 3.05) is 39.2 Å². The van der Waals surface area contributed by atoms with Gasteiger partial charge in [-0.1, -0.05) is 0 Å². The number of nitrogens with one attached hydrogen (secondary N) is 1. The summed E-state index contributed by atoms with van der Waals surface area (Å²) in [5, 5.41) is 2.77. The number of carbonyl (C=O) groups excluding carboxylic acids is 1. The van der Waals surface area contributed by atoms with Crippen LogP contribution in [0.15, 0.2) is 18.2 Å². The van der Waals surface area contributed by atoms with Crippen LogP contribution in [0.5, 0.6) is 0 Å². The average Bonchev–Trinajstić information content (AvgIpc) is 2.36. The van der Waals surface area contributed by atoms with Crippen LogP contribution in [-0.2, 0) is 9.47 Å². The van der Waals surface area contributed by atoms with E-state index in [1.807, 2.05) is 0 Å². The second-order valence-electron chi connectivity index (χ2n) is 3.60. The van der Waals surface area contributed by atoms with Gasteiger partial charge < -0.3 is 20.5 Å². The molecule has 1 aromatic rings. The van der Waals surface area contributed by atoms with Crippen molar-refractivity contribution in [3.63, 3.8) is 0 Å². The highest BCUT2D eigenvalue weighted by Gasteiger charge is 2.06. The van der Waals surface area contributed by atoms with Gasteiger partial charge >= 0.3 is 0 Å². The Morgan fingerprint density at radius 3 is 2.83 bits per heavy atom. The number of anilines is 1. The molecule has 0 saturated carbocycles. The number of ether oxygens (including phenoxy) is 2. The number of rotatable bonds is 7. The Balaban J connectivity index is 2.30. The highest BCUT2D eigenvalue weighted by molar-refractivity contribution is 14.1. The summed E-state index contributed by atoms with van der Waals surface area (Å²) in [5.41, 5.74) is 6.96. The first-order chi connectivity index (χ1) is 8.65. The predicted molar refractivity (Wildman–Crippen MR) is 78.6 cm³/mol. The van der Waals surface area contributed by atoms with E-state index in [1.165, 1.54) is 0 Å². The Bertz CT molecular complexity index is 399. The van der Waals surface area contributed by atoms with Crippen LogP contribution in [-0.4, -0.2) is 39.4 Å². The first-order valence-corrected chi connectivity index (χ1v) is 6.63. The fourth-order valence-electron chi connectivity index (χ4n) is 1.25. The topological polar surface area (TPSA) is 73.6 Å². The molecule has 0 radical (unpaired) electrons. The molecule has 0 bridgehead atoms. The van der Waals surface area contributed by atoms with E-state index in [2.05, 4.69) is 27.9 Å². The Kier molecular flexibility index (Phi) is 6.99. The summed E-state index contributed by atoms with van der Waals surface area (Å²) in [6, 6.07) is 5.20. The van der Waals surface area contributed by atoms with Crippen molar-refractivity contribution in [1.29, 1.82) is 0 Å². The molecule has 0 aliphatic carbocycles. The van der Waals surface area contributed by atoms with Crippen molar-refractivity contribution in [3.8, 4) is 0 Å². The Labute approximate surface area is 120 Å². The summed E-state index contributed by atoms with van der Waals surface area (Å²) in [7, 11) is 1.62. The number of benzene rings is 1. The molecule has 1 rings (SSSR count). The summed E-state index contributed by atoms with van der Waals surface area (Å²) in [6.07, 6.45) is 0. The van der Waals surface area contributed by atoms with Crippen LogP contribution in [0.25, 0.3) is 0 Å². The maximum Gasteiger partial charge on any atom is 0.251 e. The van der Waals surface area contributed by atoms with Gasteiger partial charge in [0.25, 0.3) is 5.91 Å². The second kappa shape index (κ2) is 8.28. The zero-order chi connectivity index (χ0) is 13.4. The van der Waals surface area contributed by atoms with E-state index >= 15 is 0 Å². The number of hydrogen-bond donors (Lipinski definition) is 2. The van der Waals surface area contributed by atoms with E-state index in [4.69, 9.17) is 15.2 Å². The number of amides is 1. The van der Waals surface area contributed by atoms with Crippen LogP contribution in [0.2, 0.25) is 0 Å². The molecule has 0 saturated heterocycles. The molecular formula is C12H17IN2O3. The van der Waals surface area contributed by atoms with Gasteiger partial charge in [0.2, 0.25) is 0 Å². The van der Waals surface area contributed by atoms with Crippen molar-refractivity contribution in [2.24, 2.45) is 0 Å². The first-order valence-electron chi connectivity index (χ1n) is 5.55. The molecule has 3 N–H and O–H groups in total. The van der Waals surface area contributed by atoms with Crippen LogP contribution < -0.4 is 11.1 Å². The van der Waals surface area contributed by atoms with Crippen LogP contribution in [0.3, 0.4) is 0 Å². The van der Waals surface area contributed by atoms with Gasteiger partial charge in [-0.3, -0.25) is 4.79 Å². The molecule has 0 aliphatic rings. The van der Waals surface area contributed by atoms with E-state index in [9.17, 15) is 4.79 Å². The lowest BCUT2D eigenvalue weighted by Crippen LogP contribution is -2.27. The van der Waals surface area contributed by atoms with Crippen molar-refractivity contribution in [3.05, 3.63) is 27.3 Å². The first kappa shape index (κ1) is 15.2. The van der Waals surface area contributed by atoms with E-state index in [0.717, 1.165) is 3.57 Å². The quantitative estimate of drug-likeness (QED) is 0.434. The van der Waals surface area contributed by atoms with E-state index in [0.29, 0.717) is 37.6 Å². The van der Waals surface area contributed by atoms with Crippen molar-refractivity contribution in [2.45, 2.75) is 0 Å². The molecule has 0 unspecified atom stereocenters. The van der Waals surface area contributed by atoms with Crippen LogP contribution in [0, 0.1) is 3.57 Å². The largest absolute Gasteiger partial charge is 0.398 e. The zero-order valence-corrected chi connectivity index (χ0v) is 12.4. The molecule has 1 aromatic carbocycles. The fourth-order valence-corrected chi connectivity index (χ4v) is 1.77. The Morgan fingerprint density at radius 1 is 1.39 bits per heavy atom. The molecule has 6 heteroatoms. The maximum atomic E-state index is 11.8. The molecule has 0 aliphatic heterocycles. The number of halogens is 1. The van der Waals surface area contributed by atoms with Crippen LogP contribution in [0.4, 0.5) is 5.69 Å². The Hall–Kier alpha value is -0.860. The van der Waals surface area contributed by atoms with Gasteiger partial charge in [-0.15, -0.1) is 0 Å². The van der Waals surface area contributed by atoms with Gasteiger partial charge in [-0.25, -0.2) is 0 Å². The zero-order valence-electron chi connectivity index (χ0n) is 10.2. The third-order valence-corrected chi connectivity index (χ3v) is 3.16. The molecule has 100 valence electrons. The lowest BCUT2D eigenvalue weighted by molar-refractivity contribution is 0.0692. The average molecular weight is 364 g/mol. The summed E-state index contributed by atoms with van der Waals surface area (Å²) in [6.45, 7) is 2.04. The predicted octanol–water partition coefficient (Wildman–Crippen LogP) is 1.27. The van der Waals surface area contributed by atoms with E-state index in [-0.39, 0.29) is 5.91 Å². The smallest absolute Gasteiger partial charge is 0.251 e. The van der Waals surface area contributed by atoms with Gasteiger partial charge in [0.1, 0.15) is 0 Å². The normalized spacial score (nSPS) is 10.3. The second-order valence-corrected chi connectivity index (χ2v) is 4.76. The number of nitrogen functional groups attached to an aromatic ring is 1. The Morgan fingerprint density at radius 2 is 2.17 bits per heavy atom. The highest BCUT2D eigenvalue weighted by atomic mass is 127. The lowest BCUT2D eigenvalue weighted by atomic mass is 10.2. The highest BCUT2D eigenvalue weighted by Crippen LogP contribution is 2.15. The standard InChI is InChI=1S/C12H17IN2O3/c1-17-6-7-18-5-4-15-12(16)9-2-3-11(14)10(13)8-9/h2-3,8H,4-7,14H2,1H3,(H,15,16). The number of carbonyl (C=O) groups is 1. The van der Waals surface area contributed by atoms with Gasteiger partial charge in [-0.05, 0) is 40.8 Å². The fraction of sp³-hybridized carbons (Fsp3) is 0.417. The van der Waals surface area contributed by atoms with Gasteiger partial charge in [0.15, 0.2) is 0 Å². The maximum absolute atomic E-state index is 11.8. The molecular weight excluding hydrogens is 347 g/mol. The minimum absolute atomic E-state index is 0.122. The third-order valence-electron chi connectivity index (χ3n) is 2.23. The molecule has 0 fully saturated rings. The molecule has 0 spiro atoms.